The Labute approximate surface area is 173 Å². The molecule has 3 atom stereocenters. The summed E-state index contributed by atoms with van der Waals surface area (Å²) in [6.07, 6.45) is 3.10. The molecular formula is C22H30N2O4S. The van der Waals surface area contributed by atoms with Crippen LogP contribution >= 0.6 is 0 Å². The lowest BCUT2D eigenvalue weighted by atomic mass is 9.61. The number of ether oxygens (including phenoxy) is 1. The minimum Gasteiger partial charge on any atom is -0.469 e. The van der Waals surface area contributed by atoms with Crippen molar-refractivity contribution in [1.29, 1.82) is 0 Å². The van der Waals surface area contributed by atoms with Crippen LogP contribution in [0.15, 0.2) is 59.1 Å². The molecule has 158 valence electrons. The molecule has 0 bridgehead atoms. The lowest BCUT2D eigenvalue weighted by molar-refractivity contribution is -0.141. The highest BCUT2D eigenvalue weighted by atomic mass is 32.2. The number of hydrazone groups is 1. The third-order valence-corrected chi connectivity index (χ3v) is 6.92. The molecule has 0 radical (unpaired) electrons. The smallest absolute Gasteiger partial charge is 0.306 e. The van der Waals surface area contributed by atoms with Crippen LogP contribution in [0.5, 0.6) is 0 Å². The molecule has 0 heterocycles. The van der Waals surface area contributed by atoms with E-state index in [1.54, 1.807) is 12.1 Å². The fourth-order valence-corrected chi connectivity index (χ4v) is 4.67. The van der Waals surface area contributed by atoms with Crippen LogP contribution in [-0.2, 0) is 19.6 Å². The van der Waals surface area contributed by atoms with Crippen molar-refractivity contribution in [2.45, 2.75) is 44.9 Å². The summed E-state index contributed by atoms with van der Waals surface area (Å²) in [6.45, 7) is 14.0. The number of sulfonamides is 1. The van der Waals surface area contributed by atoms with Gasteiger partial charge in [-0.25, -0.2) is 4.83 Å². The molecule has 6 nitrogen and oxygen atoms in total. The highest BCUT2D eigenvalue weighted by Gasteiger charge is 2.42. The molecule has 0 unspecified atom stereocenters. The van der Waals surface area contributed by atoms with E-state index in [1.807, 2.05) is 19.9 Å². The molecular weight excluding hydrogens is 388 g/mol. The Morgan fingerprint density at radius 1 is 1.38 bits per heavy atom. The van der Waals surface area contributed by atoms with Gasteiger partial charge in [-0.05, 0) is 50.2 Å². The van der Waals surface area contributed by atoms with Gasteiger partial charge >= 0.3 is 5.97 Å². The van der Waals surface area contributed by atoms with Gasteiger partial charge in [-0.1, -0.05) is 42.8 Å². The summed E-state index contributed by atoms with van der Waals surface area (Å²) in [5, 5.41) is 4.25. The van der Waals surface area contributed by atoms with Crippen LogP contribution in [0.4, 0.5) is 0 Å². The van der Waals surface area contributed by atoms with Gasteiger partial charge in [0.15, 0.2) is 0 Å². The van der Waals surface area contributed by atoms with E-state index < -0.39 is 10.0 Å². The Kier molecular flexibility index (Phi) is 7.06. The van der Waals surface area contributed by atoms with Crippen LogP contribution in [0.25, 0.3) is 0 Å². The average Bonchev–Trinajstić information content (AvgIpc) is 2.67. The molecule has 1 aromatic rings. The minimum absolute atomic E-state index is 0.113. The molecule has 0 aromatic heterocycles. The molecule has 1 N–H and O–H groups in total. The van der Waals surface area contributed by atoms with E-state index in [0.717, 1.165) is 11.1 Å². The molecule has 1 aliphatic carbocycles. The standard InChI is InChI=1S/C22H30N2O4S/c1-7-22(5)14-20(17(13-21(25)28-6)12-19(22)15(2)3)23-24-29(26,27)18-10-8-16(4)9-11-18/h7-11,17,19,24H,1-2,12-14H2,3-6H3/b23-20+/t17-,19+,22-/m0/s1. The van der Waals surface area contributed by atoms with Gasteiger partial charge in [0.1, 0.15) is 0 Å². The average molecular weight is 419 g/mol. The molecule has 7 heteroatoms. The zero-order valence-electron chi connectivity index (χ0n) is 17.6. The topological polar surface area (TPSA) is 84.8 Å². The number of allylic oxidation sites excluding steroid dienone is 2. The van der Waals surface area contributed by atoms with Gasteiger partial charge in [0.05, 0.1) is 18.4 Å². The number of nitrogens with zero attached hydrogens (tertiary/aromatic N) is 1. The van der Waals surface area contributed by atoms with Crippen LogP contribution < -0.4 is 4.83 Å². The largest absolute Gasteiger partial charge is 0.469 e. The van der Waals surface area contributed by atoms with E-state index in [2.05, 4.69) is 30.0 Å². The number of benzene rings is 1. The van der Waals surface area contributed by atoms with Gasteiger partial charge < -0.3 is 4.74 Å². The fourth-order valence-electron chi connectivity index (χ4n) is 3.83. The van der Waals surface area contributed by atoms with E-state index in [9.17, 15) is 13.2 Å². The summed E-state index contributed by atoms with van der Waals surface area (Å²) in [5.41, 5.74) is 2.26. The van der Waals surface area contributed by atoms with Crippen molar-refractivity contribution in [3.8, 4) is 0 Å². The van der Waals surface area contributed by atoms with Gasteiger partial charge in [-0.15, -0.1) is 6.58 Å². The maximum absolute atomic E-state index is 12.6. The SMILES string of the molecule is C=C[C@@]1(C)C/C(=N\NS(=O)(=O)c2ccc(C)cc2)[C@H](CC(=O)OC)C[C@@H]1C(=C)C. The number of nitrogens with one attached hydrogen (secondary N) is 1. The van der Waals surface area contributed by atoms with Crippen LogP contribution in [0.1, 0.15) is 38.7 Å². The van der Waals surface area contributed by atoms with Gasteiger partial charge in [-0.2, -0.15) is 13.5 Å². The van der Waals surface area contributed by atoms with Crippen molar-refractivity contribution in [3.05, 3.63) is 54.6 Å². The van der Waals surface area contributed by atoms with Gasteiger partial charge in [0, 0.05) is 11.6 Å². The molecule has 1 aliphatic rings. The van der Waals surface area contributed by atoms with Gasteiger partial charge in [0.2, 0.25) is 0 Å². The molecule has 0 spiro atoms. The van der Waals surface area contributed by atoms with Crippen molar-refractivity contribution in [1.82, 2.24) is 4.83 Å². The van der Waals surface area contributed by atoms with Gasteiger partial charge in [0.25, 0.3) is 10.0 Å². The molecule has 2 rings (SSSR count). The monoisotopic (exact) mass is 418 g/mol. The van der Waals surface area contributed by atoms with E-state index in [4.69, 9.17) is 4.74 Å². The Morgan fingerprint density at radius 2 is 2.00 bits per heavy atom. The number of carbonyl (C=O) groups excluding carboxylic acids is 1. The first-order chi connectivity index (χ1) is 13.5. The number of rotatable bonds is 7. The molecule has 29 heavy (non-hydrogen) atoms. The fraction of sp³-hybridized carbons (Fsp3) is 0.455. The van der Waals surface area contributed by atoms with Crippen LogP contribution in [0.3, 0.4) is 0 Å². The van der Waals surface area contributed by atoms with E-state index in [-0.39, 0.29) is 34.5 Å². The zero-order chi connectivity index (χ0) is 21.8. The van der Waals surface area contributed by atoms with Crippen LogP contribution in [-0.4, -0.2) is 27.2 Å². The van der Waals surface area contributed by atoms with Crippen molar-refractivity contribution in [2.24, 2.45) is 22.4 Å². The summed E-state index contributed by atoms with van der Waals surface area (Å²) in [4.78, 5) is 14.4. The number of esters is 1. The minimum atomic E-state index is -3.80. The first-order valence-corrected chi connectivity index (χ1v) is 11.0. The van der Waals surface area contributed by atoms with Crippen molar-refractivity contribution in [2.75, 3.05) is 7.11 Å². The van der Waals surface area contributed by atoms with Crippen molar-refractivity contribution >= 4 is 21.7 Å². The summed E-state index contributed by atoms with van der Waals surface area (Å²) in [6, 6.07) is 6.54. The molecule has 1 saturated carbocycles. The number of hydrogen-bond acceptors (Lipinski definition) is 5. The second-order valence-corrected chi connectivity index (χ2v) is 9.67. The second-order valence-electron chi connectivity index (χ2n) is 8.01. The first-order valence-electron chi connectivity index (χ1n) is 9.53. The van der Waals surface area contributed by atoms with Crippen molar-refractivity contribution < 1.29 is 17.9 Å². The maximum Gasteiger partial charge on any atom is 0.306 e. The normalized spacial score (nSPS) is 26.0. The molecule has 1 aromatic carbocycles. The lowest BCUT2D eigenvalue weighted by Crippen LogP contribution is -2.41. The highest BCUT2D eigenvalue weighted by Crippen LogP contribution is 2.47. The summed E-state index contributed by atoms with van der Waals surface area (Å²) in [7, 11) is -2.47. The Balaban J connectivity index is 2.36. The second kappa shape index (κ2) is 8.95. The number of carbonyl (C=O) groups is 1. The highest BCUT2D eigenvalue weighted by molar-refractivity contribution is 7.89. The van der Waals surface area contributed by atoms with Crippen LogP contribution in [0, 0.1) is 24.2 Å². The summed E-state index contributed by atoms with van der Waals surface area (Å²) >= 11 is 0. The Morgan fingerprint density at radius 3 is 2.52 bits per heavy atom. The Hall–Kier alpha value is -2.41. The molecule has 0 aliphatic heterocycles. The van der Waals surface area contributed by atoms with Gasteiger partial charge in [-0.3, -0.25) is 4.79 Å². The number of methoxy groups -OCH3 is 1. The Bertz CT molecular complexity index is 919. The maximum atomic E-state index is 12.6. The summed E-state index contributed by atoms with van der Waals surface area (Å²) in [5.74, 6) is -0.480. The predicted octanol–water partition coefficient (Wildman–Crippen LogP) is 3.99. The number of aryl methyl sites for hydroxylation is 1. The van der Waals surface area contributed by atoms with Crippen LogP contribution in [0.2, 0.25) is 0 Å². The predicted molar refractivity (Wildman–Crippen MR) is 115 cm³/mol. The molecule has 0 amide bonds. The lowest BCUT2D eigenvalue weighted by Gasteiger charge is -2.43. The summed E-state index contributed by atoms with van der Waals surface area (Å²) < 4.78 is 30.1. The van der Waals surface area contributed by atoms with E-state index in [0.29, 0.717) is 18.6 Å². The van der Waals surface area contributed by atoms with Crippen molar-refractivity contribution in [3.63, 3.8) is 0 Å². The molecule has 0 saturated heterocycles. The number of hydrogen-bond donors (Lipinski definition) is 1. The zero-order valence-corrected chi connectivity index (χ0v) is 18.4. The third-order valence-electron chi connectivity index (χ3n) is 5.69. The van der Waals surface area contributed by atoms with E-state index in [1.165, 1.54) is 19.2 Å². The van der Waals surface area contributed by atoms with E-state index >= 15 is 0 Å². The molecule has 1 fully saturated rings. The quantitative estimate of drug-likeness (QED) is 0.412. The third kappa shape index (κ3) is 5.35. The first kappa shape index (κ1) is 22.9.